The second-order valence-electron chi connectivity index (χ2n) is 3.87. The van der Waals surface area contributed by atoms with Gasteiger partial charge in [0.15, 0.2) is 0 Å². The molecule has 0 saturated heterocycles. The molecule has 0 saturated carbocycles. The van der Waals surface area contributed by atoms with Crippen LogP contribution in [0, 0.1) is 13.8 Å². The lowest BCUT2D eigenvalue weighted by Crippen LogP contribution is -1.96. The van der Waals surface area contributed by atoms with E-state index in [1.54, 1.807) is 0 Å². The quantitative estimate of drug-likeness (QED) is 0.822. The largest absolute Gasteiger partial charge is 0.339 e. The molecule has 0 spiro atoms. The minimum absolute atomic E-state index is 0.844. The Balaban J connectivity index is 2.31. The average Bonchev–Trinajstić information content (AvgIpc) is 2.29. The minimum Gasteiger partial charge on any atom is -0.339 e. The van der Waals surface area contributed by atoms with E-state index in [1.165, 1.54) is 5.56 Å². The Labute approximate surface area is 118 Å². The summed E-state index contributed by atoms with van der Waals surface area (Å²) in [6.45, 7) is 4.04. The molecule has 2 rings (SSSR count). The summed E-state index contributed by atoms with van der Waals surface area (Å²) >= 11 is 6.96. The van der Waals surface area contributed by atoms with Crippen molar-refractivity contribution >= 4 is 43.4 Å². The van der Waals surface area contributed by atoms with Gasteiger partial charge in [-0.25, -0.2) is 4.98 Å². The molecule has 0 fully saturated rings. The van der Waals surface area contributed by atoms with Crippen molar-refractivity contribution < 1.29 is 0 Å². The molecule has 1 aromatic carbocycles. The third-order valence-corrected chi connectivity index (χ3v) is 3.94. The molecule has 0 unspecified atom stereocenters. The maximum atomic E-state index is 4.46. The van der Waals surface area contributed by atoms with Gasteiger partial charge in [0.1, 0.15) is 5.82 Å². The van der Waals surface area contributed by atoms with Crippen LogP contribution in [-0.4, -0.2) is 4.98 Å². The monoisotopic (exact) mass is 354 g/mol. The smallest absolute Gasteiger partial charge is 0.130 e. The SMILES string of the molecule is Cc1ccc(Br)c(Nc2ccc(Br)c(C)n2)c1. The fourth-order valence-corrected chi connectivity index (χ4v) is 2.05. The summed E-state index contributed by atoms with van der Waals surface area (Å²) in [7, 11) is 0. The Hall–Kier alpha value is -0.870. The van der Waals surface area contributed by atoms with Crippen LogP contribution in [0.2, 0.25) is 0 Å². The van der Waals surface area contributed by atoms with Crippen LogP contribution in [0.15, 0.2) is 39.3 Å². The molecule has 2 aromatic rings. The van der Waals surface area contributed by atoms with Crippen molar-refractivity contribution in [2.75, 3.05) is 5.32 Å². The molecule has 0 aliphatic rings. The van der Waals surface area contributed by atoms with Crippen molar-refractivity contribution in [1.29, 1.82) is 0 Å². The molecule has 0 aliphatic heterocycles. The Morgan fingerprint density at radius 2 is 1.71 bits per heavy atom. The topological polar surface area (TPSA) is 24.9 Å². The van der Waals surface area contributed by atoms with Gasteiger partial charge in [0.05, 0.1) is 11.4 Å². The molecule has 88 valence electrons. The van der Waals surface area contributed by atoms with E-state index in [0.29, 0.717) is 0 Å². The predicted octanol–water partition coefficient (Wildman–Crippen LogP) is 4.97. The number of hydrogen-bond donors (Lipinski definition) is 1. The first kappa shape index (κ1) is 12.6. The zero-order chi connectivity index (χ0) is 12.4. The molecular weight excluding hydrogens is 344 g/mol. The van der Waals surface area contributed by atoms with Crippen molar-refractivity contribution in [3.05, 3.63) is 50.5 Å². The molecule has 17 heavy (non-hydrogen) atoms. The second kappa shape index (κ2) is 5.19. The Bertz CT molecular complexity index is 553. The Kier molecular flexibility index (Phi) is 3.84. The second-order valence-corrected chi connectivity index (χ2v) is 5.58. The minimum atomic E-state index is 0.844. The van der Waals surface area contributed by atoms with Crippen LogP contribution < -0.4 is 5.32 Å². The summed E-state index contributed by atoms with van der Waals surface area (Å²) in [6, 6.07) is 10.1. The number of benzene rings is 1. The number of hydrogen-bond acceptors (Lipinski definition) is 2. The van der Waals surface area contributed by atoms with Crippen LogP contribution in [0.3, 0.4) is 0 Å². The molecule has 0 radical (unpaired) electrons. The van der Waals surface area contributed by atoms with E-state index in [9.17, 15) is 0 Å². The number of anilines is 2. The summed E-state index contributed by atoms with van der Waals surface area (Å²) in [4.78, 5) is 4.46. The fourth-order valence-electron chi connectivity index (χ4n) is 1.49. The van der Waals surface area contributed by atoms with Gasteiger partial charge in [-0.1, -0.05) is 6.07 Å². The van der Waals surface area contributed by atoms with Gasteiger partial charge in [0.2, 0.25) is 0 Å². The molecule has 2 nitrogen and oxygen atoms in total. The van der Waals surface area contributed by atoms with Crippen LogP contribution in [0.25, 0.3) is 0 Å². The number of pyridine rings is 1. The summed E-state index contributed by atoms with van der Waals surface area (Å²) in [5.41, 5.74) is 3.21. The molecule has 0 atom stereocenters. The number of nitrogens with one attached hydrogen (secondary N) is 1. The lowest BCUT2D eigenvalue weighted by molar-refractivity contribution is 1.18. The van der Waals surface area contributed by atoms with Gasteiger partial charge in [-0.05, 0) is 75.5 Å². The highest BCUT2D eigenvalue weighted by atomic mass is 79.9. The van der Waals surface area contributed by atoms with Crippen molar-refractivity contribution in [3.63, 3.8) is 0 Å². The number of rotatable bonds is 2. The molecule has 1 heterocycles. The van der Waals surface area contributed by atoms with E-state index in [-0.39, 0.29) is 0 Å². The average molecular weight is 356 g/mol. The van der Waals surface area contributed by atoms with Gasteiger partial charge in [0.25, 0.3) is 0 Å². The highest BCUT2D eigenvalue weighted by molar-refractivity contribution is 9.10. The molecule has 1 aromatic heterocycles. The number of aryl methyl sites for hydroxylation is 2. The van der Waals surface area contributed by atoms with Crippen molar-refractivity contribution in [3.8, 4) is 0 Å². The van der Waals surface area contributed by atoms with Crippen molar-refractivity contribution in [2.24, 2.45) is 0 Å². The number of nitrogens with zero attached hydrogens (tertiary/aromatic N) is 1. The Morgan fingerprint density at radius 3 is 2.41 bits per heavy atom. The van der Waals surface area contributed by atoms with Gasteiger partial charge in [-0.3, -0.25) is 0 Å². The van der Waals surface area contributed by atoms with Crippen LogP contribution >= 0.6 is 31.9 Å². The Morgan fingerprint density at radius 1 is 1.00 bits per heavy atom. The van der Waals surface area contributed by atoms with Crippen LogP contribution in [0.5, 0.6) is 0 Å². The van der Waals surface area contributed by atoms with Gasteiger partial charge < -0.3 is 5.32 Å². The zero-order valence-electron chi connectivity index (χ0n) is 9.59. The first-order chi connectivity index (χ1) is 8.06. The van der Waals surface area contributed by atoms with E-state index >= 15 is 0 Å². The molecule has 0 bridgehead atoms. The maximum absolute atomic E-state index is 4.46. The summed E-state index contributed by atoms with van der Waals surface area (Å²) in [5, 5.41) is 3.30. The first-order valence-corrected chi connectivity index (χ1v) is 6.81. The highest BCUT2D eigenvalue weighted by Crippen LogP contribution is 2.27. The van der Waals surface area contributed by atoms with Gasteiger partial charge in [0, 0.05) is 8.95 Å². The van der Waals surface area contributed by atoms with Gasteiger partial charge in [-0.2, -0.15) is 0 Å². The van der Waals surface area contributed by atoms with Gasteiger partial charge in [-0.15, -0.1) is 0 Å². The lowest BCUT2D eigenvalue weighted by Gasteiger charge is -2.09. The van der Waals surface area contributed by atoms with Crippen LogP contribution in [-0.2, 0) is 0 Å². The zero-order valence-corrected chi connectivity index (χ0v) is 12.8. The molecule has 0 aliphatic carbocycles. The van der Waals surface area contributed by atoms with E-state index in [2.05, 4.69) is 61.2 Å². The number of aromatic nitrogens is 1. The summed E-state index contributed by atoms with van der Waals surface area (Å²) in [5.74, 6) is 0.844. The van der Waals surface area contributed by atoms with E-state index < -0.39 is 0 Å². The van der Waals surface area contributed by atoms with E-state index in [0.717, 1.165) is 26.1 Å². The standard InChI is InChI=1S/C13H12Br2N2/c1-8-3-4-11(15)12(7-8)17-13-6-5-10(14)9(2)16-13/h3-7H,1-2H3,(H,16,17). The summed E-state index contributed by atoms with van der Waals surface area (Å²) in [6.07, 6.45) is 0. The van der Waals surface area contributed by atoms with Gasteiger partial charge >= 0.3 is 0 Å². The van der Waals surface area contributed by atoms with Crippen LogP contribution in [0.4, 0.5) is 11.5 Å². The van der Waals surface area contributed by atoms with Crippen molar-refractivity contribution in [2.45, 2.75) is 13.8 Å². The predicted molar refractivity (Wildman–Crippen MR) is 78.8 cm³/mol. The fraction of sp³-hybridized carbons (Fsp3) is 0.154. The highest BCUT2D eigenvalue weighted by Gasteiger charge is 2.03. The molecular formula is C13H12Br2N2. The molecule has 1 N–H and O–H groups in total. The number of halogens is 2. The van der Waals surface area contributed by atoms with Crippen molar-refractivity contribution in [1.82, 2.24) is 4.98 Å². The normalized spacial score (nSPS) is 10.4. The first-order valence-electron chi connectivity index (χ1n) is 5.22. The molecule has 4 heteroatoms. The van der Waals surface area contributed by atoms with Crippen LogP contribution in [0.1, 0.15) is 11.3 Å². The lowest BCUT2D eigenvalue weighted by atomic mass is 10.2. The van der Waals surface area contributed by atoms with E-state index in [1.807, 2.05) is 25.1 Å². The molecule has 0 amide bonds. The maximum Gasteiger partial charge on any atom is 0.130 e. The van der Waals surface area contributed by atoms with E-state index in [4.69, 9.17) is 0 Å². The summed E-state index contributed by atoms with van der Waals surface area (Å²) < 4.78 is 2.05. The third-order valence-electron chi connectivity index (χ3n) is 2.41. The third kappa shape index (κ3) is 3.07.